The van der Waals surface area contributed by atoms with Gasteiger partial charge in [-0.1, -0.05) is 18.2 Å². The second-order valence-corrected chi connectivity index (χ2v) is 7.75. The molecule has 6 nitrogen and oxygen atoms in total. The Morgan fingerprint density at radius 2 is 1.87 bits per heavy atom. The molecule has 1 saturated heterocycles. The standard InChI is InChI=1S/C23H27FN2O4/c24-18-8-5-16(6-9-18)4-3-11-25-21(23(28)26-12-1-2-13-26)22(27)17-7-10-19-20(14-17)30-15-29-19/h5-10,14,21-22,25,27H,1-4,11-13,15H2/t21-,22-/m0/s1/i22+2. The first kappa shape index (κ1) is 20.6. The van der Waals surface area contributed by atoms with Crippen molar-refractivity contribution in [2.75, 3.05) is 26.4 Å². The number of ether oxygens (including phenoxy) is 2. The average Bonchev–Trinajstić information content (AvgIpc) is 3.45. The third-order valence-electron chi connectivity index (χ3n) is 5.66. The van der Waals surface area contributed by atoms with Crippen LogP contribution in [0.5, 0.6) is 11.5 Å². The number of nitrogens with one attached hydrogen (secondary N) is 1. The van der Waals surface area contributed by atoms with Gasteiger partial charge >= 0.3 is 0 Å². The van der Waals surface area contributed by atoms with E-state index in [0.29, 0.717) is 23.6 Å². The molecule has 4 rings (SSSR count). The Hall–Kier alpha value is -2.64. The van der Waals surface area contributed by atoms with Crippen LogP contribution in [-0.4, -0.2) is 48.4 Å². The molecular weight excluding hydrogens is 389 g/mol. The molecule has 0 radical (unpaired) electrons. The zero-order valence-corrected chi connectivity index (χ0v) is 16.9. The smallest absolute Gasteiger partial charge is 0.242 e. The Labute approximate surface area is 175 Å². The minimum Gasteiger partial charge on any atom is -0.454 e. The van der Waals surface area contributed by atoms with Gasteiger partial charge in [0, 0.05) is 13.1 Å². The van der Waals surface area contributed by atoms with Gasteiger partial charge in [-0.15, -0.1) is 0 Å². The predicted octanol–water partition coefficient (Wildman–Crippen LogP) is 2.80. The molecule has 2 heterocycles. The number of likely N-dealkylation sites (tertiary alicyclic amines) is 1. The molecule has 1 amide bonds. The van der Waals surface area contributed by atoms with Crippen LogP contribution >= 0.6 is 0 Å². The Bertz CT molecular complexity index is 868. The Morgan fingerprint density at radius 1 is 1.13 bits per heavy atom. The summed E-state index contributed by atoms with van der Waals surface area (Å²) in [4.78, 5) is 14.9. The number of hydrogen-bond acceptors (Lipinski definition) is 5. The normalized spacial score (nSPS) is 17.2. The summed E-state index contributed by atoms with van der Waals surface area (Å²) in [7, 11) is 0. The van der Waals surface area contributed by atoms with Crippen LogP contribution in [0.25, 0.3) is 0 Å². The number of rotatable bonds is 8. The first-order valence-electron chi connectivity index (χ1n) is 10.5. The van der Waals surface area contributed by atoms with Gasteiger partial charge in [0.2, 0.25) is 12.7 Å². The van der Waals surface area contributed by atoms with Gasteiger partial charge < -0.3 is 24.8 Å². The third-order valence-corrected chi connectivity index (χ3v) is 5.66. The molecule has 2 aromatic rings. The van der Waals surface area contributed by atoms with Crippen molar-refractivity contribution in [2.24, 2.45) is 0 Å². The highest BCUT2D eigenvalue weighted by molar-refractivity contribution is 5.83. The summed E-state index contributed by atoms with van der Waals surface area (Å²) in [5.41, 5.74) is 1.65. The molecule has 0 unspecified atom stereocenters. The number of hydrogen-bond donors (Lipinski definition) is 2. The average molecular weight is 416 g/mol. The second-order valence-electron chi connectivity index (χ2n) is 7.75. The van der Waals surface area contributed by atoms with Gasteiger partial charge in [0.1, 0.15) is 18.0 Å². The van der Waals surface area contributed by atoms with Crippen LogP contribution in [0.4, 0.5) is 4.39 Å². The Balaban J connectivity index is 1.42. The summed E-state index contributed by atoms with van der Waals surface area (Å²) in [6, 6.07) is 11.0. The number of aryl methyl sites for hydroxylation is 1. The molecule has 2 aromatic carbocycles. The molecular formula is C23H27FN2O4. The number of aliphatic hydroxyl groups excluding tert-OH is 1. The topological polar surface area (TPSA) is 71.0 Å². The van der Waals surface area contributed by atoms with E-state index in [2.05, 4.69) is 5.32 Å². The molecule has 0 bridgehead atoms. The largest absolute Gasteiger partial charge is 0.454 e. The van der Waals surface area contributed by atoms with Crippen molar-refractivity contribution < 1.29 is 23.8 Å². The molecule has 30 heavy (non-hydrogen) atoms. The number of aliphatic hydroxyl groups is 1. The van der Waals surface area contributed by atoms with Crippen molar-refractivity contribution in [3.05, 3.63) is 59.4 Å². The summed E-state index contributed by atoms with van der Waals surface area (Å²) >= 11 is 0. The zero-order valence-electron chi connectivity index (χ0n) is 16.9. The molecule has 0 aromatic heterocycles. The monoisotopic (exact) mass is 416 g/mol. The fraction of sp³-hybridized carbons (Fsp3) is 0.435. The van der Waals surface area contributed by atoms with Crippen molar-refractivity contribution in [2.45, 2.75) is 37.8 Å². The van der Waals surface area contributed by atoms with Gasteiger partial charge in [-0.25, -0.2) is 4.39 Å². The lowest BCUT2D eigenvalue weighted by molar-refractivity contribution is -0.135. The lowest BCUT2D eigenvalue weighted by atomic mass is 10.1. The van der Waals surface area contributed by atoms with Crippen LogP contribution in [-0.2, 0) is 11.2 Å². The molecule has 2 aliphatic rings. The van der Waals surface area contributed by atoms with Gasteiger partial charge in [0.25, 0.3) is 0 Å². The lowest BCUT2D eigenvalue weighted by Crippen LogP contribution is -2.49. The Kier molecular flexibility index (Phi) is 6.50. The van der Waals surface area contributed by atoms with E-state index in [1.165, 1.54) is 12.1 Å². The van der Waals surface area contributed by atoms with E-state index in [4.69, 9.17) is 9.47 Å². The highest BCUT2D eigenvalue weighted by Crippen LogP contribution is 2.35. The maximum absolute atomic E-state index is 13.1. The highest BCUT2D eigenvalue weighted by atomic mass is 19.1. The van der Waals surface area contributed by atoms with Crippen LogP contribution in [0, 0.1) is 5.82 Å². The molecule has 2 N–H and O–H groups in total. The van der Waals surface area contributed by atoms with Gasteiger partial charge in [-0.3, -0.25) is 4.79 Å². The van der Waals surface area contributed by atoms with Gasteiger partial charge in [0.15, 0.2) is 11.5 Å². The van der Waals surface area contributed by atoms with Crippen molar-refractivity contribution >= 4 is 5.91 Å². The summed E-state index contributed by atoms with van der Waals surface area (Å²) in [6.45, 7) is 2.16. The van der Waals surface area contributed by atoms with Crippen LogP contribution in [0.2, 0.25) is 0 Å². The van der Waals surface area contributed by atoms with E-state index in [1.807, 2.05) is 4.90 Å². The first-order valence-corrected chi connectivity index (χ1v) is 10.5. The number of fused-ring (bicyclic) bond motifs is 1. The third kappa shape index (κ3) is 4.74. The van der Waals surface area contributed by atoms with Crippen LogP contribution < -0.4 is 14.8 Å². The quantitative estimate of drug-likeness (QED) is 0.648. The Morgan fingerprint density at radius 3 is 2.63 bits per heavy atom. The molecule has 2 atom stereocenters. The van der Waals surface area contributed by atoms with Crippen molar-refractivity contribution in [1.82, 2.24) is 10.2 Å². The minimum atomic E-state index is -1.00. The molecule has 7 heteroatoms. The van der Waals surface area contributed by atoms with E-state index in [1.54, 1.807) is 30.3 Å². The molecule has 1 fully saturated rings. The van der Waals surface area contributed by atoms with Crippen molar-refractivity contribution in [3.63, 3.8) is 0 Å². The number of amides is 1. The van der Waals surface area contributed by atoms with E-state index >= 15 is 0 Å². The highest BCUT2D eigenvalue weighted by Gasteiger charge is 2.33. The summed E-state index contributed by atoms with van der Waals surface area (Å²) < 4.78 is 23.8. The van der Waals surface area contributed by atoms with Crippen LogP contribution in [0.3, 0.4) is 0 Å². The number of halogens is 1. The summed E-state index contributed by atoms with van der Waals surface area (Å²) in [6.07, 6.45) is 2.51. The van der Waals surface area contributed by atoms with E-state index in [0.717, 1.165) is 44.3 Å². The second kappa shape index (κ2) is 9.45. The fourth-order valence-corrected chi connectivity index (χ4v) is 3.96. The summed E-state index contributed by atoms with van der Waals surface area (Å²) in [5.74, 6) is 0.885. The summed E-state index contributed by atoms with van der Waals surface area (Å²) in [5, 5.41) is 14.3. The van der Waals surface area contributed by atoms with E-state index in [-0.39, 0.29) is 18.5 Å². The van der Waals surface area contributed by atoms with Crippen LogP contribution in [0.15, 0.2) is 42.5 Å². The minimum absolute atomic E-state index is 0.0838. The molecule has 0 saturated carbocycles. The molecule has 0 aliphatic carbocycles. The van der Waals surface area contributed by atoms with Gasteiger partial charge in [-0.2, -0.15) is 0 Å². The van der Waals surface area contributed by atoms with Crippen molar-refractivity contribution in [3.8, 4) is 11.5 Å². The molecule has 160 valence electrons. The maximum Gasteiger partial charge on any atom is 0.242 e. The maximum atomic E-state index is 13.1. The number of benzene rings is 2. The van der Waals surface area contributed by atoms with Gasteiger partial charge in [0.05, 0.1) is 0 Å². The fourth-order valence-electron chi connectivity index (χ4n) is 3.96. The molecule has 0 spiro atoms. The number of carbonyl (C=O) groups excluding carboxylic acids is 1. The lowest BCUT2D eigenvalue weighted by Gasteiger charge is -2.28. The van der Waals surface area contributed by atoms with E-state index < -0.39 is 12.1 Å². The van der Waals surface area contributed by atoms with Crippen LogP contribution in [0.1, 0.15) is 36.5 Å². The number of carbonyl (C=O) groups is 1. The first-order chi connectivity index (χ1) is 14.6. The zero-order chi connectivity index (χ0) is 20.9. The molecule has 2 aliphatic heterocycles. The predicted molar refractivity (Wildman–Crippen MR) is 110 cm³/mol. The van der Waals surface area contributed by atoms with Crippen molar-refractivity contribution in [1.29, 1.82) is 0 Å². The van der Waals surface area contributed by atoms with Gasteiger partial charge in [-0.05, 0) is 67.6 Å². The SMILES string of the molecule is O=C([C@@H](NCCCc1ccc(F)cc1)[14C@@H](O)c1ccc2c(c1)OCO2)N1CCCC1. The van der Waals surface area contributed by atoms with E-state index in [9.17, 15) is 14.3 Å². The number of nitrogens with zero attached hydrogens (tertiary/aromatic N) is 1.